The van der Waals surface area contributed by atoms with Gasteiger partial charge in [-0.25, -0.2) is 0 Å². The molecule has 0 aromatic heterocycles. The van der Waals surface area contributed by atoms with Crippen molar-refractivity contribution >= 4 is 5.97 Å². The lowest BCUT2D eigenvalue weighted by atomic mass is 10.0. The van der Waals surface area contributed by atoms with Gasteiger partial charge in [-0.2, -0.15) is 0 Å². The molecule has 0 saturated heterocycles. The lowest BCUT2D eigenvalue weighted by Gasteiger charge is -2.04. The van der Waals surface area contributed by atoms with Gasteiger partial charge in [0, 0.05) is 6.42 Å². The molecule has 31 heavy (non-hydrogen) atoms. The quantitative estimate of drug-likeness (QED) is 0.108. The summed E-state index contributed by atoms with van der Waals surface area (Å²) >= 11 is 0. The molecule has 0 unspecified atom stereocenters. The summed E-state index contributed by atoms with van der Waals surface area (Å²) in [6, 6.07) is 0. The minimum Gasteiger partial charge on any atom is -0.481 e. The first-order valence-electron chi connectivity index (χ1n) is 14.1. The van der Waals surface area contributed by atoms with Crippen LogP contribution in [0.4, 0.5) is 0 Å². The summed E-state index contributed by atoms with van der Waals surface area (Å²) < 4.78 is 0. The van der Waals surface area contributed by atoms with Crippen LogP contribution in [0.2, 0.25) is 0 Å². The van der Waals surface area contributed by atoms with Gasteiger partial charge < -0.3 is 5.11 Å². The third kappa shape index (κ3) is 29.2. The Morgan fingerprint density at radius 2 is 0.774 bits per heavy atom. The summed E-state index contributed by atoms with van der Waals surface area (Å²) in [5, 5.41) is 8.60. The summed E-state index contributed by atoms with van der Waals surface area (Å²) in [4.78, 5) is 10.4. The van der Waals surface area contributed by atoms with Crippen LogP contribution in [0.25, 0.3) is 0 Å². The molecular weight excluding hydrogens is 380 g/mol. The van der Waals surface area contributed by atoms with Gasteiger partial charge >= 0.3 is 5.97 Å². The number of hydrogen-bond acceptors (Lipinski definition) is 1. The number of aliphatic carboxylic acids is 1. The standard InChI is InChI=1S/C29H56O2/c1-2-3-4-5-6-7-8-9-10-11-12-13-14-15-16-17-18-19-20-21-22-23-24-25-26-27-28-29(30)31/h7-8H,2-6,9-28H2,1H3,(H,30,31)/b8-7-. The molecule has 0 aliphatic carbocycles. The maximum Gasteiger partial charge on any atom is 0.303 e. The smallest absolute Gasteiger partial charge is 0.303 e. The van der Waals surface area contributed by atoms with Gasteiger partial charge in [-0.1, -0.05) is 141 Å². The van der Waals surface area contributed by atoms with E-state index in [-0.39, 0.29) is 0 Å². The highest BCUT2D eigenvalue weighted by molar-refractivity contribution is 5.66. The van der Waals surface area contributed by atoms with Crippen LogP contribution >= 0.6 is 0 Å². The van der Waals surface area contributed by atoms with Crippen LogP contribution < -0.4 is 0 Å². The highest BCUT2D eigenvalue weighted by Gasteiger charge is 1.97. The molecule has 0 rings (SSSR count). The van der Waals surface area contributed by atoms with Gasteiger partial charge in [-0.05, 0) is 32.1 Å². The highest BCUT2D eigenvalue weighted by atomic mass is 16.4. The largest absolute Gasteiger partial charge is 0.481 e. The van der Waals surface area contributed by atoms with Crippen LogP contribution in [0.15, 0.2) is 12.2 Å². The van der Waals surface area contributed by atoms with Gasteiger partial charge in [0.2, 0.25) is 0 Å². The molecule has 0 fully saturated rings. The van der Waals surface area contributed by atoms with Crippen molar-refractivity contribution in [1.29, 1.82) is 0 Å². The fourth-order valence-electron chi connectivity index (χ4n) is 4.29. The van der Waals surface area contributed by atoms with E-state index in [0.29, 0.717) is 6.42 Å². The maximum atomic E-state index is 10.4. The van der Waals surface area contributed by atoms with E-state index < -0.39 is 5.97 Å². The van der Waals surface area contributed by atoms with Gasteiger partial charge in [-0.15, -0.1) is 0 Å². The molecule has 2 nitrogen and oxygen atoms in total. The third-order valence-corrected chi connectivity index (χ3v) is 6.40. The fraction of sp³-hybridized carbons (Fsp3) is 0.897. The van der Waals surface area contributed by atoms with Crippen molar-refractivity contribution in [2.24, 2.45) is 0 Å². The van der Waals surface area contributed by atoms with Crippen LogP contribution in [0, 0.1) is 0 Å². The summed E-state index contributed by atoms with van der Waals surface area (Å²) in [5.74, 6) is -0.651. The zero-order valence-electron chi connectivity index (χ0n) is 21.2. The predicted octanol–water partition coefficient (Wildman–Crippen LogP) is 10.4. The van der Waals surface area contributed by atoms with Crippen LogP contribution in [-0.4, -0.2) is 11.1 Å². The number of allylic oxidation sites excluding steroid dienone is 2. The second-order valence-electron chi connectivity index (χ2n) is 9.62. The van der Waals surface area contributed by atoms with E-state index >= 15 is 0 Å². The minimum absolute atomic E-state index is 0.344. The summed E-state index contributed by atoms with van der Waals surface area (Å²) in [6.45, 7) is 2.28. The Morgan fingerprint density at radius 3 is 1.10 bits per heavy atom. The summed E-state index contributed by atoms with van der Waals surface area (Å²) in [6.07, 6.45) is 37.5. The van der Waals surface area contributed by atoms with E-state index in [1.807, 2.05) is 0 Å². The van der Waals surface area contributed by atoms with Crippen molar-refractivity contribution in [2.45, 2.75) is 167 Å². The Hall–Kier alpha value is -0.790. The highest BCUT2D eigenvalue weighted by Crippen LogP contribution is 2.15. The Morgan fingerprint density at radius 1 is 0.484 bits per heavy atom. The number of unbranched alkanes of at least 4 members (excludes halogenated alkanes) is 22. The number of hydrogen-bond donors (Lipinski definition) is 1. The average Bonchev–Trinajstić information content (AvgIpc) is 2.76. The molecule has 0 amide bonds. The Kier molecular flexibility index (Phi) is 26.5. The molecule has 0 spiro atoms. The van der Waals surface area contributed by atoms with Crippen molar-refractivity contribution in [3.8, 4) is 0 Å². The molecule has 1 N–H and O–H groups in total. The normalized spacial score (nSPS) is 11.5. The van der Waals surface area contributed by atoms with E-state index in [2.05, 4.69) is 19.1 Å². The van der Waals surface area contributed by atoms with E-state index in [1.165, 1.54) is 141 Å². The number of carbonyl (C=O) groups is 1. The van der Waals surface area contributed by atoms with E-state index in [4.69, 9.17) is 5.11 Å². The zero-order chi connectivity index (χ0) is 22.7. The topological polar surface area (TPSA) is 37.3 Å². The van der Waals surface area contributed by atoms with Gasteiger partial charge in [0.25, 0.3) is 0 Å². The molecule has 0 aromatic rings. The maximum absolute atomic E-state index is 10.4. The Bertz CT molecular complexity index is 375. The van der Waals surface area contributed by atoms with Crippen molar-refractivity contribution < 1.29 is 9.90 Å². The predicted molar refractivity (Wildman–Crippen MR) is 138 cm³/mol. The van der Waals surface area contributed by atoms with E-state index in [0.717, 1.165) is 12.8 Å². The minimum atomic E-state index is -0.651. The van der Waals surface area contributed by atoms with Gasteiger partial charge in [0.1, 0.15) is 0 Å². The second-order valence-corrected chi connectivity index (χ2v) is 9.62. The van der Waals surface area contributed by atoms with Crippen molar-refractivity contribution in [3.63, 3.8) is 0 Å². The number of carboxylic acids is 1. The SMILES string of the molecule is CCCCCC/C=C\CCCCCCCCCCCCCCCCCCCCC(=O)O. The monoisotopic (exact) mass is 436 g/mol. The first kappa shape index (κ1) is 30.2. The first-order valence-corrected chi connectivity index (χ1v) is 14.1. The van der Waals surface area contributed by atoms with Gasteiger partial charge in [0.05, 0.1) is 0 Å². The van der Waals surface area contributed by atoms with Crippen LogP contribution in [0.3, 0.4) is 0 Å². The Balaban J connectivity index is 3.05. The van der Waals surface area contributed by atoms with Crippen molar-refractivity contribution in [3.05, 3.63) is 12.2 Å². The zero-order valence-corrected chi connectivity index (χ0v) is 21.2. The average molecular weight is 437 g/mol. The molecule has 0 heterocycles. The second kappa shape index (κ2) is 27.2. The molecule has 0 atom stereocenters. The van der Waals surface area contributed by atoms with Crippen LogP contribution in [0.5, 0.6) is 0 Å². The molecule has 0 radical (unpaired) electrons. The summed E-state index contributed by atoms with van der Waals surface area (Å²) in [5.41, 5.74) is 0. The number of carboxylic acid groups (broad SMARTS) is 1. The molecule has 0 aliphatic rings. The fourth-order valence-corrected chi connectivity index (χ4v) is 4.29. The van der Waals surface area contributed by atoms with Crippen molar-refractivity contribution in [1.82, 2.24) is 0 Å². The lowest BCUT2D eigenvalue weighted by molar-refractivity contribution is -0.137. The van der Waals surface area contributed by atoms with Crippen molar-refractivity contribution in [2.75, 3.05) is 0 Å². The van der Waals surface area contributed by atoms with Gasteiger partial charge in [-0.3, -0.25) is 4.79 Å². The molecule has 0 aliphatic heterocycles. The molecule has 184 valence electrons. The third-order valence-electron chi connectivity index (χ3n) is 6.40. The molecule has 2 heteroatoms. The first-order chi connectivity index (χ1) is 15.3. The lowest BCUT2D eigenvalue weighted by Crippen LogP contribution is -1.93. The molecule has 0 saturated carbocycles. The van der Waals surface area contributed by atoms with E-state index in [9.17, 15) is 4.79 Å². The molecule has 0 aromatic carbocycles. The molecule has 0 bridgehead atoms. The van der Waals surface area contributed by atoms with Crippen LogP contribution in [-0.2, 0) is 4.79 Å². The summed E-state index contributed by atoms with van der Waals surface area (Å²) in [7, 11) is 0. The van der Waals surface area contributed by atoms with Crippen LogP contribution in [0.1, 0.15) is 167 Å². The van der Waals surface area contributed by atoms with E-state index in [1.54, 1.807) is 0 Å². The molecular formula is C29H56O2. The number of rotatable bonds is 26. The van der Waals surface area contributed by atoms with Gasteiger partial charge in [0.15, 0.2) is 0 Å². The Labute approximate surface area is 195 Å².